The number of ether oxygens (including phenoxy) is 1. The van der Waals surface area contributed by atoms with Crippen molar-refractivity contribution in [2.45, 2.75) is 26.4 Å². The van der Waals surface area contributed by atoms with Crippen LogP contribution in [0.5, 0.6) is 0 Å². The second-order valence-corrected chi connectivity index (χ2v) is 3.35. The van der Waals surface area contributed by atoms with E-state index >= 15 is 0 Å². The second kappa shape index (κ2) is 5.96. The van der Waals surface area contributed by atoms with E-state index < -0.39 is 0 Å². The van der Waals surface area contributed by atoms with E-state index in [1.807, 2.05) is 30.3 Å². The van der Waals surface area contributed by atoms with Crippen LogP contribution < -0.4 is 0 Å². The van der Waals surface area contributed by atoms with E-state index in [-0.39, 0.29) is 31.2 Å². The number of carbonyl (C=O) groups is 2. The van der Waals surface area contributed by atoms with Gasteiger partial charge in [-0.2, -0.15) is 0 Å². The highest BCUT2D eigenvalue weighted by atomic mass is 16.5. The Morgan fingerprint density at radius 2 is 1.80 bits per heavy atom. The Balaban J connectivity index is 2.26. The van der Waals surface area contributed by atoms with E-state index in [1.54, 1.807) is 0 Å². The summed E-state index contributed by atoms with van der Waals surface area (Å²) < 4.78 is 4.99. The summed E-state index contributed by atoms with van der Waals surface area (Å²) in [6.07, 6.45) is 0.426. The van der Waals surface area contributed by atoms with E-state index in [4.69, 9.17) is 4.74 Å². The fourth-order valence-corrected chi connectivity index (χ4v) is 1.09. The van der Waals surface area contributed by atoms with Gasteiger partial charge in [0, 0.05) is 6.42 Å². The molecule has 15 heavy (non-hydrogen) atoms. The van der Waals surface area contributed by atoms with Crippen LogP contribution in [0.25, 0.3) is 0 Å². The number of ketones is 1. The molecule has 0 N–H and O–H groups in total. The number of carbonyl (C=O) groups excluding carboxylic acids is 2. The zero-order chi connectivity index (χ0) is 11.1. The average molecular weight is 206 g/mol. The largest absolute Gasteiger partial charge is 0.461 e. The van der Waals surface area contributed by atoms with Crippen LogP contribution in [0.15, 0.2) is 30.3 Å². The topological polar surface area (TPSA) is 43.4 Å². The molecule has 0 bridgehead atoms. The smallest absolute Gasteiger partial charge is 0.306 e. The second-order valence-electron chi connectivity index (χ2n) is 3.35. The zero-order valence-electron chi connectivity index (χ0n) is 8.73. The third-order valence-electron chi connectivity index (χ3n) is 1.92. The Bertz CT molecular complexity index is 330. The summed E-state index contributed by atoms with van der Waals surface area (Å²) >= 11 is 0. The Hall–Kier alpha value is -1.64. The average Bonchev–Trinajstić information content (AvgIpc) is 2.25. The van der Waals surface area contributed by atoms with Gasteiger partial charge < -0.3 is 9.53 Å². The third kappa shape index (κ3) is 4.96. The molecule has 0 radical (unpaired) electrons. The maximum atomic E-state index is 11.1. The van der Waals surface area contributed by atoms with Crippen LogP contribution in [0.2, 0.25) is 0 Å². The number of rotatable bonds is 5. The first-order valence-corrected chi connectivity index (χ1v) is 4.87. The van der Waals surface area contributed by atoms with Crippen LogP contribution in [-0.4, -0.2) is 11.8 Å². The van der Waals surface area contributed by atoms with Gasteiger partial charge in [-0.3, -0.25) is 4.79 Å². The molecular weight excluding hydrogens is 192 g/mol. The van der Waals surface area contributed by atoms with Gasteiger partial charge in [0.1, 0.15) is 12.4 Å². The van der Waals surface area contributed by atoms with Crippen LogP contribution in [0.1, 0.15) is 25.3 Å². The van der Waals surface area contributed by atoms with Gasteiger partial charge in [-0.05, 0) is 12.5 Å². The lowest BCUT2D eigenvalue weighted by atomic mass is 10.2. The maximum absolute atomic E-state index is 11.1. The minimum Gasteiger partial charge on any atom is -0.461 e. The summed E-state index contributed by atoms with van der Waals surface area (Å²) in [4.78, 5) is 21.8. The molecule has 0 atom stereocenters. The van der Waals surface area contributed by atoms with Gasteiger partial charge in [0.25, 0.3) is 0 Å². The van der Waals surface area contributed by atoms with Crippen LogP contribution >= 0.6 is 0 Å². The fraction of sp³-hybridized carbons (Fsp3) is 0.333. The molecule has 0 amide bonds. The molecule has 0 aromatic heterocycles. The SMILES string of the molecule is CC(=O)CCC(=O)OCc1ccccc1. The van der Waals surface area contributed by atoms with Crippen molar-refractivity contribution in [1.82, 2.24) is 0 Å². The van der Waals surface area contributed by atoms with Crippen LogP contribution in [0.4, 0.5) is 0 Å². The number of benzene rings is 1. The summed E-state index contributed by atoms with van der Waals surface area (Å²) in [5.41, 5.74) is 0.952. The molecule has 0 fully saturated rings. The molecule has 80 valence electrons. The van der Waals surface area contributed by atoms with Crippen LogP contribution in [-0.2, 0) is 20.9 Å². The summed E-state index contributed by atoms with van der Waals surface area (Å²) in [5, 5.41) is 0. The maximum Gasteiger partial charge on any atom is 0.306 e. The van der Waals surface area contributed by atoms with E-state index in [2.05, 4.69) is 0 Å². The molecule has 0 aliphatic rings. The molecule has 0 spiro atoms. The minimum absolute atomic E-state index is 0.00617. The molecule has 1 aromatic rings. The first-order chi connectivity index (χ1) is 7.18. The molecule has 3 nitrogen and oxygen atoms in total. The third-order valence-corrected chi connectivity index (χ3v) is 1.92. The van der Waals surface area contributed by atoms with Gasteiger partial charge in [-0.15, -0.1) is 0 Å². The fourth-order valence-electron chi connectivity index (χ4n) is 1.09. The van der Waals surface area contributed by atoms with E-state index in [1.165, 1.54) is 6.92 Å². The van der Waals surface area contributed by atoms with Crippen molar-refractivity contribution in [1.29, 1.82) is 0 Å². The summed E-state index contributed by atoms with van der Waals surface area (Å²) in [7, 11) is 0. The van der Waals surface area contributed by atoms with Crippen molar-refractivity contribution >= 4 is 11.8 Å². The van der Waals surface area contributed by atoms with Crippen molar-refractivity contribution in [3.05, 3.63) is 35.9 Å². The molecule has 0 heterocycles. The molecule has 0 saturated carbocycles. The monoisotopic (exact) mass is 206 g/mol. The van der Waals surface area contributed by atoms with Gasteiger partial charge in [0.15, 0.2) is 0 Å². The molecular formula is C12H14O3. The Morgan fingerprint density at radius 3 is 2.40 bits per heavy atom. The molecule has 1 aromatic carbocycles. The highest BCUT2D eigenvalue weighted by Crippen LogP contribution is 2.02. The molecule has 3 heteroatoms. The number of esters is 1. The van der Waals surface area contributed by atoms with Gasteiger partial charge in [0.05, 0.1) is 6.42 Å². The number of hydrogen-bond acceptors (Lipinski definition) is 3. The summed E-state index contributed by atoms with van der Waals surface area (Å²) in [6, 6.07) is 9.45. The molecule has 0 saturated heterocycles. The molecule has 0 unspecified atom stereocenters. The van der Waals surface area contributed by atoms with Crippen molar-refractivity contribution < 1.29 is 14.3 Å². The van der Waals surface area contributed by atoms with Crippen LogP contribution in [0.3, 0.4) is 0 Å². The highest BCUT2D eigenvalue weighted by molar-refractivity contribution is 5.80. The number of hydrogen-bond donors (Lipinski definition) is 0. The predicted molar refractivity (Wildman–Crippen MR) is 56.2 cm³/mol. The van der Waals surface area contributed by atoms with Gasteiger partial charge in [-0.1, -0.05) is 30.3 Å². The lowest BCUT2D eigenvalue weighted by molar-refractivity contribution is -0.146. The first-order valence-electron chi connectivity index (χ1n) is 4.87. The van der Waals surface area contributed by atoms with Gasteiger partial charge >= 0.3 is 5.97 Å². The Morgan fingerprint density at radius 1 is 1.13 bits per heavy atom. The molecule has 0 aliphatic carbocycles. The minimum atomic E-state index is -0.325. The molecule has 1 rings (SSSR count). The first kappa shape index (κ1) is 11.4. The van der Waals surface area contributed by atoms with Crippen molar-refractivity contribution in [2.75, 3.05) is 0 Å². The quantitative estimate of drug-likeness (QED) is 0.693. The highest BCUT2D eigenvalue weighted by Gasteiger charge is 2.04. The van der Waals surface area contributed by atoms with Crippen molar-refractivity contribution in [2.24, 2.45) is 0 Å². The number of Topliss-reactive ketones (excluding diaryl/α,β-unsaturated/α-hetero) is 1. The van der Waals surface area contributed by atoms with E-state index in [0.29, 0.717) is 0 Å². The van der Waals surface area contributed by atoms with Gasteiger partial charge in [-0.25, -0.2) is 0 Å². The normalized spacial score (nSPS) is 9.67. The van der Waals surface area contributed by atoms with Crippen molar-refractivity contribution in [3.8, 4) is 0 Å². The van der Waals surface area contributed by atoms with Crippen molar-refractivity contribution in [3.63, 3.8) is 0 Å². The summed E-state index contributed by atoms with van der Waals surface area (Å²) in [5.74, 6) is -0.319. The van der Waals surface area contributed by atoms with E-state index in [0.717, 1.165) is 5.56 Å². The lowest BCUT2D eigenvalue weighted by Crippen LogP contribution is -2.06. The zero-order valence-corrected chi connectivity index (χ0v) is 8.73. The van der Waals surface area contributed by atoms with Gasteiger partial charge in [0.2, 0.25) is 0 Å². The summed E-state index contributed by atoms with van der Waals surface area (Å²) in [6.45, 7) is 1.74. The van der Waals surface area contributed by atoms with E-state index in [9.17, 15) is 9.59 Å². The predicted octanol–water partition coefficient (Wildman–Crippen LogP) is 2.10. The molecule has 0 aliphatic heterocycles. The Labute approximate surface area is 89.1 Å². The standard InChI is InChI=1S/C12H14O3/c1-10(13)7-8-12(14)15-9-11-5-3-2-4-6-11/h2-6H,7-9H2,1H3. The van der Waals surface area contributed by atoms with Crippen LogP contribution in [0, 0.1) is 0 Å². The Kier molecular flexibility index (Phi) is 4.54. The lowest BCUT2D eigenvalue weighted by Gasteiger charge is -2.03.